The monoisotopic (exact) mass is 321 g/mol. The number of unbranched alkanes of at least 4 members (excludes halogenated alkanes) is 1. The Morgan fingerprint density at radius 3 is 2.73 bits per heavy atom. The number of hydrogen-bond acceptors (Lipinski definition) is 2. The SMILES string of the molecule is CCCCC(=O)N1c2ccc(C(=O)C(Cl)CC)cc2CC1C. The van der Waals surface area contributed by atoms with Crippen LogP contribution in [-0.2, 0) is 11.2 Å². The van der Waals surface area contributed by atoms with Gasteiger partial charge in [0.2, 0.25) is 5.91 Å². The zero-order valence-electron chi connectivity index (χ0n) is 13.6. The Balaban J connectivity index is 2.24. The van der Waals surface area contributed by atoms with Crippen LogP contribution in [0.15, 0.2) is 18.2 Å². The maximum Gasteiger partial charge on any atom is 0.227 e. The second-order valence-electron chi connectivity index (χ2n) is 6.00. The molecule has 4 heteroatoms. The first-order chi connectivity index (χ1) is 10.5. The number of carbonyl (C=O) groups is 2. The molecule has 1 heterocycles. The van der Waals surface area contributed by atoms with E-state index in [1.165, 1.54) is 0 Å². The molecule has 120 valence electrons. The summed E-state index contributed by atoms with van der Waals surface area (Å²) in [5, 5.41) is -0.473. The molecule has 0 saturated carbocycles. The summed E-state index contributed by atoms with van der Waals surface area (Å²) in [6.45, 7) is 6.05. The van der Waals surface area contributed by atoms with E-state index in [0.717, 1.165) is 30.5 Å². The standard InChI is InChI=1S/C18H24ClNO2/c1-4-6-7-17(21)20-12(3)10-14-11-13(8-9-16(14)20)18(22)15(19)5-2/h8-9,11-12,15H,4-7,10H2,1-3H3. The van der Waals surface area contributed by atoms with E-state index in [4.69, 9.17) is 11.6 Å². The first kappa shape index (κ1) is 17.0. The third-order valence-electron chi connectivity index (χ3n) is 4.24. The Bertz CT molecular complexity index is 570. The molecule has 0 aromatic heterocycles. The number of fused-ring (bicyclic) bond motifs is 1. The fourth-order valence-electron chi connectivity index (χ4n) is 2.98. The molecular formula is C18H24ClNO2. The lowest BCUT2D eigenvalue weighted by molar-refractivity contribution is -0.119. The van der Waals surface area contributed by atoms with Gasteiger partial charge >= 0.3 is 0 Å². The van der Waals surface area contributed by atoms with Crippen LogP contribution in [0.5, 0.6) is 0 Å². The number of amides is 1. The summed E-state index contributed by atoms with van der Waals surface area (Å²) >= 11 is 6.05. The Morgan fingerprint density at radius 1 is 1.36 bits per heavy atom. The molecule has 3 nitrogen and oxygen atoms in total. The number of ketones is 1. The molecule has 1 aliphatic rings. The van der Waals surface area contributed by atoms with Crippen molar-refractivity contribution in [1.29, 1.82) is 0 Å². The number of rotatable bonds is 6. The van der Waals surface area contributed by atoms with E-state index >= 15 is 0 Å². The summed E-state index contributed by atoms with van der Waals surface area (Å²) in [4.78, 5) is 26.5. The van der Waals surface area contributed by atoms with Crippen molar-refractivity contribution in [3.8, 4) is 0 Å². The minimum Gasteiger partial charge on any atom is -0.309 e. The van der Waals surface area contributed by atoms with Crippen LogP contribution < -0.4 is 4.90 Å². The van der Waals surface area contributed by atoms with Crippen LogP contribution in [0.3, 0.4) is 0 Å². The van der Waals surface area contributed by atoms with Crippen LogP contribution in [0, 0.1) is 0 Å². The zero-order chi connectivity index (χ0) is 16.3. The average molecular weight is 322 g/mol. The van der Waals surface area contributed by atoms with Crippen molar-refractivity contribution in [1.82, 2.24) is 0 Å². The summed E-state index contributed by atoms with van der Waals surface area (Å²) in [7, 11) is 0. The van der Waals surface area contributed by atoms with Crippen LogP contribution in [0.1, 0.15) is 62.4 Å². The second-order valence-corrected chi connectivity index (χ2v) is 6.53. The van der Waals surface area contributed by atoms with Crippen molar-refractivity contribution in [2.75, 3.05) is 4.90 Å². The van der Waals surface area contributed by atoms with Crippen LogP contribution in [0.2, 0.25) is 0 Å². The number of halogens is 1. The van der Waals surface area contributed by atoms with Crippen LogP contribution >= 0.6 is 11.6 Å². The quantitative estimate of drug-likeness (QED) is 0.577. The third-order valence-corrected chi connectivity index (χ3v) is 4.74. The van der Waals surface area contributed by atoms with Gasteiger partial charge < -0.3 is 4.90 Å². The van der Waals surface area contributed by atoms with Crippen molar-refractivity contribution < 1.29 is 9.59 Å². The fraction of sp³-hybridized carbons (Fsp3) is 0.556. The first-order valence-corrected chi connectivity index (χ1v) is 8.56. The topological polar surface area (TPSA) is 37.4 Å². The van der Waals surface area contributed by atoms with Crippen LogP contribution in [0.25, 0.3) is 0 Å². The van der Waals surface area contributed by atoms with Gasteiger partial charge in [0.25, 0.3) is 0 Å². The molecule has 1 aromatic rings. The summed E-state index contributed by atoms with van der Waals surface area (Å²) < 4.78 is 0. The number of carbonyl (C=O) groups excluding carboxylic acids is 2. The Kier molecular flexibility index (Phi) is 5.63. The number of alkyl halides is 1. The molecule has 1 amide bonds. The van der Waals surface area contributed by atoms with Gasteiger partial charge in [-0.1, -0.05) is 20.3 Å². The highest BCUT2D eigenvalue weighted by atomic mass is 35.5. The maximum absolute atomic E-state index is 12.4. The summed E-state index contributed by atoms with van der Waals surface area (Å²) in [5.41, 5.74) is 2.67. The lowest BCUT2D eigenvalue weighted by atomic mass is 10.0. The molecule has 0 aliphatic carbocycles. The molecule has 0 spiro atoms. The van der Waals surface area contributed by atoms with Crippen molar-refractivity contribution in [2.45, 2.75) is 64.3 Å². The fourth-order valence-corrected chi connectivity index (χ4v) is 3.11. The third kappa shape index (κ3) is 3.35. The van der Waals surface area contributed by atoms with Gasteiger partial charge in [-0.2, -0.15) is 0 Å². The minimum atomic E-state index is -0.473. The Morgan fingerprint density at radius 2 is 2.09 bits per heavy atom. The number of anilines is 1. The van der Waals surface area contributed by atoms with Crippen LogP contribution in [0.4, 0.5) is 5.69 Å². The lowest BCUT2D eigenvalue weighted by Crippen LogP contribution is -2.35. The minimum absolute atomic E-state index is 0.0321. The lowest BCUT2D eigenvalue weighted by Gasteiger charge is -2.22. The van der Waals surface area contributed by atoms with E-state index in [1.807, 2.05) is 24.0 Å². The molecule has 0 N–H and O–H groups in total. The molecule has 2 atom stereocenters. The molecule has 0 fully saturated rings. The van der Waals surface area contributed by atoms with E-state index in [0.29, 0.717) is 18.4 Å². The number of benzene rings is 1. The van der Waals surface area contributed by atoms with Gasteiger partial charge in [-0.15, -0.1) is 11.6 Å². The Hall–Kier alpha value is -1.35. The highest BCUT2D eigenvalue weighted by molar-refractivity contribution is 6.33. The second kappa shape index (κ2) is 7.28. The zero-order valence-corrected chi connectivity index (χ0v) is 14.3. The van der Waals surface area contributed by atoms with Gasteiger partial charge in [-0.3, -0.25) is 9.59 Å². The summed E-state index contributed by atoms with van der Waals surface area (Å²) in [6.07, 6.45) is 3.93. The summed E-state index contributed by atoms with van der Waals surface area (Å²) in [6, 6.07) is 5.76. The van der Waals surface area contributed by atoms with Gasteiger partial charge in [0.1, 0.15) is 0 Å². The highest BCUT2D eigenvalue weighted by Crippen LogP contribution is 2.34. The first-order valence-electron chi connectivity index (χ1n) is 8.12. The Labute approximate surface area is 137 Å². The molecule has 22 heavy (non-hydrogen) atoms. The average Bonchev–Trinajstić information content (AvgIpc) is 2.85. The molecule has 0 saturated heterocycles. The van der Waals surface area contributed by atoms with E-state index in [2.05, 4.69) is 13.8 Å². The molecule has 1 aliphatic heterocycles. The molecule has 0 radical (unpaired) electrons. The van der Waals surface area contributed by atoms with Crippen molar-refractivity contribution >= 4 is 29.0 Å². The predicted octanol–water partition coefficient (Wildman–Crippen LogP) is 4.35. The van der Waals surface area contributed by atoms with Crippen LogP contribution in [-0.4, -0.2) is 23.1 Å². The molecule has 2 unspecified atom stereocenters. The van der Waals surface area contributed by atoms with Gasteiger partial charge in [0.05, 0.1) is 5.38 Å². The van der Waals surface area contributed by atoms with Gasteiger partial charge in [0, 0.05) is 23.7 Å². The number of nitrogens with zero attached hydrogens (tertiary/aromatic N) is 1. The molecule has 1 aromatic carbocycles. The van der Waals surface area contributed by atoms with E-state index < -0.39 is 5.38 Å². The molecule has 0 bridgehead atoms. The largest absolute Gasteiger partial charge is 0.309 e. The maximum atomic E-state index is 12.4. The van der Waals surface area contributed by atoms with E-state index in [-0.39, 0.29) is 17.7 Å². The predicted molar refractivity (Wildman–Crippen MR) is 90.9 cm³/mol. The van der Waals surface area contributed by atoms with Crippen molar-refractivity contribution in [3.63, 3.8) is 0 Å². The van der Waals surface area contributed by atoms with Gasteiger partial charge in [-0.25, -0.2) is 0 Å². The smallest absolute Gasteiger partial charge is 0.227 e. The van der Waals surface area contributed by atoms with Crippen molar-refractivity contribution in [2.24, 2.45) is 0 Å². The van der Waals surface area contributed by atoms with E-state index in [1.54, 1.807) is 6.07 Å². The van der Waals surface area contributed by atoms with Gasteiger partial charge in [0.15, 0.2) is 5.78 Å². The highest BCUT2D eigenvalue weighted by Gasteiger charge is 2.31. The summed E-state index contributed by atoms with van der Waals surface area (Å²) in [5.74, 6) is 0.145. The van der Waals surface area contributed by atoms with Gasteiger partial charge in [-0.05, 0) is 49.9 Å². The molecule has 2 rings (SSSR count). The number of Topliss-reactive ketones (excluding diaryl/α,β-unsaturated/α-hetero) is 1. The molecular weight excluding hydrogens is 298 g/mol. The van der Waals surface area contributed by atoms with E-state index in [9.17, 15) is 9.59 Å². The number of hydrogen-bond donors (Lipinski definition) is 0. The normalized spacial score (nSPS) is 18.2. The van der Waals surface area contributed by atoms with Crippen molar-refractivity contribution in [3.05, 3.63) is 29.3 Å².